The average Bonchev–Trinajstić information content (AvgIpc) is 3.19. The number of carbonyl (C=O) groups is 2. The zero-order chi connectivity index (χ0) is 43.1. The quantitative estimate of drug-likeness (QED) is 0.0876. The number of benzene rings is 2. The smallest absolute Gasteiger partial charge is 0.407 e. The minimum Gasteiger partial charge on any atom is -0.456 e. The number of cyclic esters (lactones) is 1. The molecule has 0 aliphatic carbocycles. The molecule has 4 rings (SSSR count). The number of esters is 1. The summed E-state index contributed by atoms with van der Waals surface area (Å²) < 4.78 is 37.5. The van der Waals surface area contributed by atoms with Crippen LogP contribution in [0.4, 0.5) is 4.79 Å². The summed E-state index contributed by atoms with van der Waals surface area (Å²) in [5.41, 5.74) is -0.516. The Morgan fingerprint density at radius 3 is 2.19 bits per heavy atom. The predicted octanol–water partition coefficient (Wildman–Crippen LogP) is 6.93. The van der Waals surface area contributed by atoms with E-state index in [1.807, 2.05) is 57.4 Å². The number of alkyl carbamates (subject to hydrolysis) is 1. The molecule has 8 atom stereocenters. The van der Waals surface area contributed by atoms with E-state index in [1.165, 1.54) is 6.08 Å². The molecule has 11 nitrogen and oxygen atoms in total. The van der Waals surface area contributed by atoms with E-state index in [0.29, 0.717) is 24.2 Å². The first-order valence-electron chi connectivity index (χ1n) is 20.7. The van der Waals surface area contributed by atoms with Crippen LogP contribution in [0.25, 0.3) is 0 Å². The third-order valence-electron chi connectivity index (χ3n) is 12.3. The molecule has 0 bridgehead atoms. The van der Waals surface area contributed by atoms with E-state index in [9.17, 15) is 14.4 Å². The Morgan fingerprint density at radius 2 is 1.66 bits per heavy atom. The van der Waals surface area contributed by atoms with Crippen molar-refractivity contribution in [2.45, 2.75) is 129 Å². The van der Waals surface area contributed by atoms with Crippen molar-refractivity contribution >= 4 is 30.8 Å². The van der Waals surface area contributed by atoms with E-state index in [4.69, 9.17) is 28.4 Å². The molecule has 3 unspecified atom stereocenters. The topological polar surface area (TPSA) is 125 Å². The molecule has 58 heavy (non-hydrogen) atoms. The van der Waals surface area contributed by atoms with Gasteiger partial charge in [-0.1, -0.05) is 114 Å². The molecule has 2 aromatic carbocycles. The molecule has 1 amide bonds. The second-order valence-electron chi connectivity index (χ2n) is 17.9. The fourth-order valence-electron chi connectivity index (χ4n) is 8.86. The highest BCUT2D eigenvalue weighted by atomic mass is 28.4. The minimum absolute atomic E-state index is 0.0681. The lowest BCUT2D eigenvalue weighted by Crippen LogP contribution is -2.65. The van der Waals surface area contributed by atoms with Gasteiger partial charge < -0.3 is 43.4 Å². The van der Waals surface area contributed by atoms with Gasteiger partial charge in [0.25, 0.3) is 8.32 Å². The molecule has 2 N–H and O–H groups in total. The molecular weight excluding hydrogens is 753 g/mol. The Balaban J connectivity index is 1.67. The lowest BCUT2D eigenvalue weighted by Gasteiger charge is -2.49. The van der Waals surface area contributed by atoms with Gasteiger partial charge in [-0.3, -0.25) is 0 Å². The SMILES string of the molecule is C=CCOC(=O)NCC1CC(N(C)C)C(C)[C@H](O[C@H]([C@@H](C)C2=C(C)C(=O)OC(C)(C)O2)[C@@](C)(C[C@@H](C)CCC(C)(C)[Si](O)(c2ccccc2)c2ccccc2)OC)O1. The molecule has 2 aliphatic heterocycles. The van der Waals surface area contributed by atoms with Gasteiger partial charge in [0.2, 0.25) is 5.79 Å². The molecule has 0 spiro atoms. The minimum atomic E-state index is -3.22. The van der Waals surface area contributed by atoms with Gasteiger partial charge in [0.1, 0.15) is 12.4 Å². The molecule has 12 heteroatoms. The van der Waals surface area contributed by atoms with Crippen LogP contribution in [-0.4, -0.2) is 100 Å². The maximum absolute atomic E-state index is 13.2. The summed E-state index contributed by atoms with van der Waals surface area (Å²) in [7, 11) is 2.55. The normalized spacial score (nSPS) is 23.9. The Bertz CT molecular complexity index is 1660. The summed E-state index contributed by atoms with van der Waals surface area (Å²) >= 11 is 0. The molecule has 322 valence electrons. The highest BCUT2D eigenvalue weighted by Crippen LogP contribution is 2.45. The second kappa shape index (κ2) is 19.7. The van der Waals surface area contributed by atoms with Crippen molar-refractivity contribution in [3.8, 4) is 0 Å². The van der Waals surface area contributed by atoms with Crippen molar-refractivity contribution in [1.82, 2.24) is 10.2 Å². The fraction of sp³-hybridized carbons (Fsp3) is 0.609. The monoisotopic (exact) mass is 822 g/mol. The highest BCUT2D eigenvalue weighted by molar-refractivity contribution is 6.98. The zero-order valence-electron chi connectivity index (χ0n) is 37.0. The van der Waals surface area contributed by atoms with Gasteiger partial charge in [0.15, 0.2) is 6.29 Å². The standard InChI is InChI=1S/C46H70N2O9Si/c1-14-27-53-43(50)47-30-35-28-38(48(11)12)32(3)42(54-35)55-40(33(4)39-34(5)41(49)57-45(8,9)56-39)46(10,52-13)29-31(2)25-26-44(6,7)58(51,36-21-17-15-18-22-36)37-23-19-16-20-24-37/h14-24,31-33,35,38,40,42,51H,1,25-30H2,2-13H3,(H,47,50)/t31-,32?,33-,35?,38?,40+,42-,46+/m0/s1. The van der Waals surface area contributed by atoms with Crippen LogP contribution in [-0.2, 0) is 33.2 Å². The zero-order valence-corrected chi connectivity index (χ0v) is 38.0. The van der Waals surface area contributed by atoms with Crippen LogP contribution in [0.3, 0.4) is 0 Å². The van der Waals surface area contributed by atoms with Gasteiger partial charge in [0.05, 0.1) is 23.4 Å². The highest BCUT2D eigenvalue weighted by Gasteiger charge is 2.51. The average molecular weight is 823 g/mol. The Labute approximate surface area is 348 Å². The van der Waals surface area contributed by atoms with Crippen LogP contribution in [0.1, 0.15) is 88.0 Å². The number of nitrogens with zero attached hydrogens (tertiary/aromatic N) is 1. The largest absolute Gasteiger partial charge is 0.456 e. The van der Waals surface area contributed by atoms with Crippen molar-refractivity contribution in [1.29, 1.82) is 0 Å². The van der Waals surface area contributed by atoms with Gasteiger partial charge >= 0.3 is 12.1 Å². The van der Waals surface area contributed by atoms with Crippen LogP contribution in [0, 0.1) is 17.8 Å². The Morgan fingerprint density at radius 1 is 1.07 bits per heavy atom. The van der Waals surface area contributed by atoms with Crippen molar-refractivity contribution < 1.29 is 42.8 Å². The predicted molar refractivity (Wildman–Crippen MR) is 230 cm³/mol. The number of amides is 1. The molecule has 0 saturated carbocycles. The van der Waals surface area contributed by atoms with E-state index in [2.05, 4.69) is 75.7 Å². The van der Waals surface area contributed by atoms with E-state index in [-0.39, 0.29) is 37.1 Å². The lowest BCUT2D eigenvalue weighted by atomic mass is 9.79. The van der Waals surface area contributed by atoms with E-state index >= 15 is 0 Å². The van der Waals surface area contributed by atoms with E-state index in [0.717, 1.165) is 23.2 Å². The molecule has 0 aromatic heterocycles. The number of ether oxygens (including phenoxy) is 6. The summed E-state index contributed by atoms with van der Waals surface area (Å²) in [6, 6.07) is 20.3. The molecule has 2 aliphatic rings. The van der Waals surface area contributed by atoms with Crippen LogP contribution in [0.2, 0.25) is 5.04 Å². The maximum atomic E-state index is 13.2. The second-order valence-corrected chi connectivity index (χ2v) is 21.9. The van der Waals surface area contributed by atoms with E-state index in [1.54, 1.807) is 27.9 Å². The van der Waals surface area contributed by atoms with Gasteiger partial charge in [-0.2, -0.15) is 0 Å². The summed E-state index contributed by atoms with van der Waals surface area (Å²) in [6.45, 7) is 21.9. The summed E-state index contributed by atoms with van der Waals surface area (Å²) in [5.74, 6) is -1.53. The Kier molecular flexibility index (Phi) is 16.0. The maximum Gasteiger partial charge on any atom is 0.407 e. The summed E-state index contributed by atoms with van der Waals surface area (Å²) in [6.07, 6.45) is 2.11. The first-order chi connectivity index (χ1) is 27.2. The molecule has 2 heterocycles. The van der Waals surface area contributed by atoms with E-state index < -0.39 is 55.1 Å². The summed E-state index contributed by atoms with van der Waals surface area (Å²) in [5, 5.41) is 4.38. The van der Waals surface area contributed by atoms with Crippen LogP contribution < -0.4 is 15.7 Å². The third-order valence-corrected chi connectivity index (χ3v) is 16.8. The fourth-order valence-corrected chi connectivity index (χ4v) is 12.6. The lowest BCUT2D eigenvalue weighted by molar-refractivity contribution is -0.286. The van der Waals surface area contributed by atoms with Crippen molar-refractivity contribution in [2.24, 2.45) is 17.8 Å². The molecule has 0 radical (unpaired) electrons. The van der Waals surface area contributed by atoms with Crippen molar-refractivity contribution in [3.63, 3.8) is 0 Å². The molecule has 1 saturated heterocycles. The number of carbonyl (C=O) groups excluding carboxylic acids is 2. The third kappa shape index (κ3) is 11.0. The number of methoxy groups -OCH3 is 1. The van der Waals surface area contributed by atoms with Gasteiger partial charge in [0, 0.05) is 45.4 Å². The number of hydrogen-bond acceptors (Lipinski definition) is 10. The van der Waals surface area contributed by atoms with Crippen LogP contribution in [0.5, 0.6) is 0 Å². The first-order valence-corrected chi connectivity index (χ1v) is 22.6. The molecular formula is C46H70N2O9Si. The van der Waals surface area contributed by atoms with Crippen LogP contribution in [0.15, 0.2) is 84.7 Å². The number of hydrogen-bond donors (Lipinski definition) is 2. The molecule has 1 fully saturated rings. The van der Waals surface area contributed by atoms with Crippen molar-refractivity contribution in [3.05, 3.63) is 84.7 Å². The number of rotatable bonds is 19. The number of nitrogens with one attached hydrogen (secondary N) is 1. The van der Waals surface area contributed by atoms with Gasteiger partial charge in [-0.05, 0) is 68.5 Å². The first kappa shape index (κ1) is 47.2. The van der Waals surface area contributed by atoms with Crippen molar-refractivity contribution in [2.75, 3.05) is 34.4 Å². The van der Waals surface area contributed by atoms with Crippen LogP contribution >= 0.6 is 0 Å². The molecule has 2 aromatic rings. The van der Waals surface area contributed by atoms with Gasteiger partial charge in [-0.25, -0.2) is 9.59 Å². The Hall–Kier alpha value is -3.52. The summed E-state index contributed by atoms with van der Waals surface area (Å²) in [4.78, 5) is 40.6. The van der Waals surface area contributed by atoms with Gasteiger partial charge in [-0.15, -0.1) is 0 Å².